The lowest BCUT2D eigenvalue weighted by Gasteiger charge is -2.31. The van der Waals surface area contributed by atoms with Gasteiger partial charge in [-0.25, -0.2) is 0 Å². The van der Waals surface area contributed by atoms with E-state index in [9.17, 15) is 4.79 Å². The number of fused-ring (bicyclic) bond motifs is 1. The smallest absolute Gasteiger partial charge is 0.171 e. The van der Waals surface area contributed by atoms with Crippen molar-refractivity contribution in [3.8, 4) is 0 Å². The number of aryl methyl sites for hydroxylation is 1. The fourth-order valence-corrected chi connectivity index (χ4v) is 3.37. The normalized spacial score (nSPS) is 31.1. The molecule has 2 aliphatic rings. The molecule has 0 N–H and O–H groups in total. The third-order valence-corrected chi connectivity index (χ3v) is 4.43. The molecule has 1 aromatic rings. The summed E-state index contributed by atoms with van der Waals surface area (Å²) in [5.41, 5.74) is 2.06. The number of rotatable bonds is 2. The van der Waals surface area contributed by atoms with Crippen LogP contribution in [0.1, 0.15) is 49.7 Å². The predicted molar refractivity (Wildman–Crippen MR) is 70.7 cm³/mol. The molecule has 0 radical (unpaired) electrons. The third-order valence-electron chi connectivity index (χ3n) is 4.43. The highest BCUT2D eigenvalue weighted by atomic mass is 16.5. The second-order valence-corrected chi connectivity index (χ2v) is 5.69. The van der Waals surface area contributed by atoms with Gasteiger partial charge in [0.2, 0.25) is 0 Å². The van der Waals surface area contributed by atoms with Gasteiger partial charge < -0.3 is 4.74 Å². The van der Waals surface area contributed by atoms with Crippen LogP contribution in [0.4, 0.5) is 0 Å². The number of ketones is 1. The number of ether oxygens (including phenoxy) is 1. The minimum Gasteiger partial charge on any atom is -0.367 e. The van der Waals surface area contributed by atoms with Gasteiger partial charge in [0.05, 0.1) is 0 Å². The van der Waals surface area contributed by atoms with Crippen LogP contribution in [0.2, 0.25) is 0 Å². The summed E-state index contributed by atoms with van der Waals surface area (Å²) in [5, 5.41) is 0. The van der Waals surface area contributed by atoms with Crippen molar-refractivity contribution in [2.75, 3.05) is 6.61 Å². The molecule has 1 aromatic carbocycles. The van der Waals surface area contributed by atoms with Crippen molar-refractivity contribution >= 4 is 5.78 Å². The first kappa shape index (κ1) is 11.9. The quantitative estimate of drug-likeness (QED) is 0.798. The monoisotopic (exact) mass is 244 g/mol. The van der Waals surface area contributed by atoms with Gasteiger partial charge in [0.25, 0.3) is 0 Å². The second-order valence-electron chi connectivity index (χ2n) is 5.69. The van der Waals surface area contributed by atoms with Crippen molar-refractivity contribution in [2.45, 2.75) is 50.5 Å². The molecule has 1 heterocycles. The largest absolute Gasteiger partial charge is 0.367 e. The molecule has 1 aliphatic heterocycles. The van der Waals surface area contributed by atoms with Gasteiger partial charge in [-0.15, -0.1) is 0 Å². The Kier molecular flexibility index (Phi) is 2.98. The van der Waals surface area contributed by atoms with Crippen molar-refractivity contribution in [3.63, 3.8) is 0 Å². The standard InChI is InChI=1S/C16H20O2/c1-16(10-5-11-18-16)15(17)14-9-4-7-12-6-2-3-8-13(12)14/h2-3,6,8,14H,4-5,7,9-11H2,1H3. The summed E-state index contributed by atoms with van der Waals surface area (Å²) in [7, 11) is 0. The highest BCUT2D eigenvalue weighted by Crippen LogP contribution is 2.38. The van der Waals surface area contributed by atoms with Gasteiger partial charge in [-0.05, 0) is 50.2 Å². The Bertz CT molecular complexity index is 458. The maximum absolute atomic E-state index is 12.8. The molecule has 1 saturated heterocycles. The highest BCUT2D eigenvalue weighted by Gasteiger charge is 2.42. The van der Waals surface area contributed by atoms with Gasteiger partial charge >= 0.3 is 0 Å². The van der Waals surface area contributed by atoms with E-state index >= 15 is 0 Å². The molecule has 0 aromatic heterocycles. The Labute approximate surface area is 108 Å². The van der Waals surface area contributed by atoms with Crippen molar-refractivity contribution in [2.24, 2.45) is 0 Å². The van der Waals surface area contributed by atoms with Crippen LogP contribution in [0.5, 0.6) is 0 Å². The molecule has 96 valence electrons. The van der Waals surface area contributed by atoms with E-state index in [0.29, 0.717) is 5.78 Å². The SMILES string of the molecule is CC1(C(=O)C2CCCc3ccccc32)CCCO1. The Morgan fingerprint density at radius 2 is 2.17 bits per heavy atom. The minimum absolute atomic E-state index is 0.0537. The fraction of sp³-hybridized carbons (Fsp3) is 0.562. The van der Waals surface area contributed by atoms with E-state index in [-0.39, 0.29) is 5.92 Å². The Hall–Kier alpha value is -1.15. The summed E-state index contributed by atoms with van der Waals surface area (Å²) in [5.74, 6) is 0.352. The minimum atomic E-state index is -0.533. The molecule has 0 bridgehead atoms. The summed E-state index contributed by atoms with van der Waals surface area (Å²) in [6, 6.07) is 8.39. The van der Waals surface area contributed by atoms with E-state index in [4.69, 9.17) is 4.74 Å². The van der Waals surface area contributed by atoms with E-state index in [1.54, 1.807) is 0 Å². The number of hydrogen-bond donors (Lipinski definition) is 0. The number of carbonyl (C=O) groups is 1. The molecule has 2 unspecified atom stereocenters. The van der Waals surface area contributed by atoms with Gasteiger partial charge in [-0.1, -0.05) is 24.3 Å². The van der Waals surface area contributed by atoms with E-state index in [0.717, 1.165) is 38.7 Å². The maximum Gasteiger partial charge on any atom is 0.171 e. The first-order valence-electron chi connectivity index (χ1n) is 6.97. The van der Waals surface area contributed by atoms with Crippen molar-refractivity contribution < 1.29 is 9.53 Å². The molecule has 2 heteroatoms. The van der Waals surface area contributed by atoms with Crippen LogP contribution < -0.4 is 0 Å². The van der Waals surface area contributed by atoms with Crippen LogP contribution in [0.3, 0.4) is 0 Å². The van der Waals surface area contributed by atoms with Crippen molar-refractivity contribution in [3.05, 3.63) is 35.4 Å². The Morgan fingerprint density at radius 1 is 1.33 bits per heavy atom. The first-order valence-corrected chi connectivity index (χ1v) is 6.97. The zero-order valence-electron chi connectivity index (χ0n) is 10.9. The van der Waals surface area contributed by atoms with Crippen LogP contribution >= 0.6 is 0 Å². The van der Waals surface area contributed by atoms with Crippen LogP contribution in [0, 0.1) is 0 Å². The molecule has 1 aliphatic carbocycles. The number of hydrogen-bond acceptors (Lipinski definition) is 2. The second kappa shape index (κ2) is 4.51. The molecule has 2 atom stereocenters. The summed E-state index contributed by atoms with van der Waals surface area (Å²) in [6.45, 7) is 2.70. The zero-order valence-corrected chi connectivity index (χ0v) is 10.9. The van der Waals surface area contributed by atoms with E-state index in [1.165, 1.54) is 11.1 Å². The summed E-state index contributed by atoms with van der Waals surface area (Å²) in [4.78, 5) is 12.8. The highest BCUT2D eigenvalue weighted by molar-refractivity contribution is 5.93. The Morgan fingerprint density at radius 3 is 2.94 bits per heavy atom. The van der Waals surface area contributed by atoms with Gasteiger partial charge in [0.1, 0.15) is 5.60 Å². The summed E-state index contributed by atoms with van der Waals surface area (Å²) >= 11 is 0. The van der Waals surface area contributed by atoms with Gasteiger partial charge in [-0.3, -0.25) is 4.79 Å². The molecule has 0 amide bonds. The van der Waals surface area contributed by atoms with E-state index < -0.39 is 5.60 Å². The molecule has 3 rings (SSSR count). The van der Waals surface area contributed by atoms with Crippen molar-refractivity contribution in [1.29, 1.82) is 0 Å². The average molecular weight is 244 g/mol. The summed E-state index contributed by atoms with van der Waals surface area (Å²) in [6.07, 6.45) is 5.09. The average Bonchev–Trinajstić information content (AvgIpc) is 2.85. The first-order chi connectivity index (χ1) is 8.71. The van der Waals surface area contributed by atoms with Gasteiger partial charge in [0.15, 0.2) is 5.78 Å². The topological polar surface area (TPSA) is 26.3 Å². The van der Waals surface area contributed by atoms with E-state index in [2.05, 4.69) is 18.2 Å². The Balaban J connectivity index is 1.92. The number of Topliss-reactive ketones (excluding diaryl/α,β-unsaturated/α-hetero) is 1. The predicted octanol–water partition coefficient (Wildman–Crippen LogP) is 3.24. The lowest BCUT2D eigenvalue weighted by molar-refractivity contribution is -0.139. The molecule has 0 saturated carbocycles. The van der Waals surface area contributed by atoms with Crippen molar-refractivity contribution in [1.82, 2.24) is 0 Å². The molecular formula is C16H20O2. The maximum atomic E-state index is 12.8. The third kappa shape index (κ3) is 1.89. The molecular weight excluding hydrogens is 224 g/mol. The number of carbonyl (C=O) groups excluding carboxylic acids is 1. The van der Waals surface area contributed by atoms with Crippen LogP contribution in [0.25, 0.3) is 0 Å². The zero-order chi connectivity index (χ0) is 12.6. The van der Waals surface area contributed by atoms with Gasteiger partial charge in [-0.2, -0.15) is 0 Å². The van der Waals surface area contributed by atoms with Crippen LogP contribution in [-0.2, 0) is 16.0 Å². The van der Waals surface area contributed by atoms with E-state index in [1.807, 2.05) is 13.0 Å². The molecule has 2 nitrogen and oxygen atoms in total. The molecule has 1 fully saturated rings. The lowest BCUT2D eigenvalue weighted by atomic mass is 9.76. The van der Waals surface area contributed by atoms with Gasteiger partial charge in [0, 0.05) is 12.5 Å². The van der Waals surface area contributed by atoms with Crippen LogP contribution in [-0.4, -0.2) is 18.0 Å². The summed E-state index contributed by atoms with van der Waals surface area (Å²) < 4.78 is 5.72. The molecule has 0 spiro atoms. The van der Waals surface area contributed by atoms with Crippen LogP contribution in [0.15, 0.2) is 24.3 Å². The molecule has 18 heavy (non-hydrogen) atoms. The fourth-order valence-electron chi connectivity index (χ4n) is 3.37. The lowest BCUT2D eigenvalue weighted by Crippen LogP contribution is -2.39. The number of benzene rings is 1.